The lowest BCUT2D eigenvalue weighted by atomic mass is 9.79. The molecule has 2 aliphatic rings. The predicted molar refractivity (Wildman–Crippen MR) is 108 cm³/mol. The standard InChI is InChI=1S/C20H28N4O3S/c1-15-11-17-13-22-23-20(17)18(12-15)28(26,27)24(2)14-19(25)21-10-6-9-16-7-4-3-5-8-16/h3-5,7-8,15,17-18,20,22-23H,10-14H2,1-2H3,(H,21,25). The van der Waals surface area contributed by atoms with Gasteiger partial charge in [-0.05, 0) is 36.8 Å². The van der Waals surface area contributed by atoms with Gasteiger partial charge in [-0.2, -0.15) is 4.31 Å². The molecule has 0 aromatic heterocycles. The van der Waals surface area contributed by atoms with E-state index in [1.54, 1.807) is 0 Å². The van der Waals surface area contributed by atoms with Crippen molar-refractivity contribution >= 4 is 15.9 Å². The van der Waals surface area contributed by atoms with Crippen LogP contribution in [-0.4, -0.2) is 56.6 Å². The molecule has 4 atom stereocenters. The topological polar surface area (TPSA) is 90.5 Å². The summed E-state index contributed by atoms with van der Waals surface area (Å²) in [7, 11) is -2.11. The zero-order chi connectivity index (χ0) is 20.1. The fourth-order valence-corrected chi connectivity index (χ4v) is 6.02. The number of sulfonamides is 1. The minimum absolute atomic E-state index is 0.108. The maximum Gasteiger partial charge on any atom is 0.236 e. The molecule has 1 heterocycles. The number of rotatable bonds is 5. The van der Waals surface area contributed by atoms with Crippen molar-refractivity contribution in [2.75, 3.05) is 26.7 Å². The maximum absolute atomic E-state index is 13.1. The van der Waals surface area contributed by atoms with Gasteiger partial charge in [-0.3, -0.25) is 15.6 Å². The molecular formula is C20H28N4O3S. The first-order chi connectivity index (χ1) is 13.4. The molecule has 1 aromatic carbocycles. The van der Waals surface area contributed by atoms with Crippen LogP contribution in [0.1, 0.15) is 25.3 Å². The molecule has 0 spiro atoms. The Morgan fingerprint density at radius 2 is 2.04 bits per heavy atom. The molecule has 7 nitrogen and oxygen atoms in total. The predicted octanol–water partition coefficient (Wildman–Crippen LogP) is 0.307. The fourth-order valence-electron chi connectivity index (χ4n) is 4.03. The Balaban J connectivity index is 1.54. The fraction of sp³-hybridized carbons (Fsp3) is 0.550. The van der Waals surface area contributed by atoms with Gasteiger partial charge in [0.15, 0.2) is 0 Å². The third-order valence-corrected chi connectivity index (χ3v) is 7.69. The molecule has 1 aromatic rings. The molecule has 1 amide bonds. The second kappa shape index (κ2) is 9.05. The van der Waals surface area contributed by atoms with E-state index in [4.69, 9.17) is 0 Å². The molecule has 1 saturated heterocycles. The van der Waals surface area contributed by atoms with Crippen LogP contribution in [0.4, 0.5) is 0 Å². The highest BCUT2D eigenvalue weighted by atomic mass is 32.2. The Hall–Kier alpha value is -1.92. The first-order valence-electron chi connectivity index (χ1n) is 9.62. The van der Waals surface area contributed by atoms with E-state index in [9.17, 15) is 13.2 Å². The monoisotopic (exact) mass is 404 g/mol. The van der Waals surface area contributed by atoms with Crippen molar-refractivity contribution in [1.29, 1.82) is 0 Å². The van der Waals surface area contributed by atoms with Gasteiger partial charge in [0, 0.05) is 25.2 Å². The van der Waals surface area contributed by atoms with E-state index in [2.05, 4.69) is 34.9 Å². The molecule has 1 aliphatic carbocycles. The number of likely N-dealkylation sites (N-methyl/N-ethyl adjacent to an activating group) is 1. The number of amides is 1. The Morgan fingerprint density at radius 1 is 1.29 bits per heavy atom. The van der Waals surface area contributed by atoms with Crippen LogP contribution in [0.3, 0.4) is 0 Å². The number of nitrogens with zero attached hydrogens (tertiary/aromatic N) is 1. The van der Waals surface area contributed by atoms with Crippen LogP contribution in [0.15, 0.2) is 30.3 Å². The lowest BCUT2D eigenvalue weighted by molar-refractivity contribution is -0.120. The van der Waals surface area contributed by atoms with Crippen molar-refractivity contribution in [2.24, 2.45) is 11.8 Å². The van der Waals surface area contributed by atoms with E-state index in [1.165, 1.54) is 11.4 Å². The summed E-state index contributed by atoms with van der Waals surface area (Å²) in [6.45, 7) is 2.85. The molecule has 8 heteroatoms. The first kappa shape index (κ1) is 20.8. The van der Waals surface area contributed by atoms with Gasteiger partial charge in [-0.15, -0.1) is 0 Å². The Bertz CT molecular complexity index is 847. The van der Waals surface area contributed by atoms with Crippen molar-refractivity contribution in [3.63, 3.8) is 0 Å². The molecule has 3 rings (SSSR count). The van der Waals surface area contributed by atoms with E-state index in [1.807, 2.05) is 30.3 Å². The van der Waals surface area contributed by atoms with E-state index in [0.717, 1.165) is 18.5 Å². The SMILES string of the molecule is CC1CC2CNNC2C(S(=O)(=O)N(C)CC(=O)NCC#Cc2ccccc2)C1. The molecule has 1 aliphatic heterocycles. The third kappa shape index (κ3) is 4.92. The van der Waals surface area contributed by atoms with Crippen molar-refractivity contribution in [3.8, 4) is 11.8 Å². The van der Waals surface area contributed by atoms with Crippen LogP contribution in [0, 0.1) is 23.7 Å². The summed E-state index contributed by atoms with van der Waals surface area (Å²) in [6, 6.07) is 9.37. The number of carbonyl (C=O) groups excluding carboxylic acids is 1. The highest BCUT2D eigenvalue weighted by molar-refractivity contribution is 7.89. The van der Waals surface area contributed by atoms with E-state index in [0.29, 0.717) is 18.3 Å². The summed E-state index contributed by atoms with van der Waals surface area (Å²) in [4.78, 5) is 12.2. The minimum atomic E-state index is -3.58. The number of nitrogens with one attached hydrogen (secondary N) is 3. The normalized spacial score (nSPS) is 27.0. The van der Waals surface area contributed by atoms with Crippen molar-refractivity contribution in [1.82, 2.24) is 20.5 Å². The highest BCUT2D eigenvalue weighted by Crippen LogP contribution is 2.35. The zero-order valence-corrected chi connectivity index (χ0v) is 17.1. The molecule has 28 heavy (non-hydrogen) atoms. The van der Waals surface area contributed by atoms with Crippen LogP contribution < -0.4 is 16.2 Å². The van der Waals surface area contributed by atoms with Crippen LogP contribution in [-0.2, 0) is 14.8 Å². The van der Waals surface area contributed by atoms with Gasteiger partial charge in [0.1, 0.15) is 0 Å². The van der Waals surface area contributed by atoms with Crippen molar-refractivity contribution in [3.05, 3.63) is 35.9 Å². The summed E-state index contributed by atoms with van der Waals surface area (Å²) >= 11 is 0. The zero-order valence-electron chi connectivity index (χ0n) is 16.3. The third-order valence-electron chi connectivity index (χ3n) is 5.44. The Labute approximate surface area is 167 Å². The smallest absolute Gasteiger partial charge is 0.236 e. The lowest BCUT2D eigenvalue weighted by Gasteiger charge is -2.37. The van der Waals surface area contributed by atoms with Gasteiger partial charge in [-0.25, -0.2) is 8.42 Å². The quantitative estimate of drug-likeness (QED) is 0.615. The first-order valence-corrected chi connectivity index (χ1v) is 11.1. The highest BCUT2D eigenvalue weighted by Gasteiger charge is 2.46. The molecule has 152 valence electrons. The maximum atomic E-state index is 13.1. The van der Waals surface area contributed by atoms with Crippen LogP contribution in [0.5, 0.6) is 0 Å². The summed E-state index contributed by atoms with van der Waals surface area (Å²) in [5.74, 6) is 6.12. The number of carbonyl (C=O) groups is 1. The summed E-state index contributed by atoms with van der Waals surface area (Å²) in [6.07, 6.45) is 1.62. The van der Waals surface area contributed by atoms with Gasteiger partial charge in [0.05, 0.1) is 18.3 Å². The number of fused-ring (bicyclic) bond motifs is 1. The Morgan fingerprint density at radius 3 is 2.79 bits per heavy atom. The largest absolute Gasteiger partial charge is 0.344 e. The molecule has 0 bridgehead atoms. The van der Waals surface area contributed by atoms with E-state index in [-0.39, 0.29) is 25.0 Å². The number of hydrogen-bond acceptors (Lipinski definition) is 5. The molecule has 2 fully saturated rings. The number of hydrazine groups is 1. The molecule has 1 saturated carbocycles. The second-order valence-corrected chi connectivity index (χ2v) is 9.93. The van der Waals surface area contributed by atoms with Gasteiger partial charge in [0.2, 0.25) is 15.9 Å². The average Bonchev–Trinajstić information content (AvgIpc) is 3.13. The summed E-state index contributed by atoms with van der Waals surface area (Å²) < 4.78 is 27.3. The number of hydrogen-bond donors (Lipinski definition) is 3. The summed E-state index contributed by atoms with van der Waals surface area (Å²) in [5, 5.41) is 2.15. The average molecular weight is 405 g/mol. The van der Waals surface area contributed by atoms with Gasteiger partial charge >= 0.3 is 0 Å². The Kier molecular flexibility index (Phi) is 6.73. The molecule has 4 unspecified atom stereocenters. The molecule has 0 radical (unpaired) electrons. The number of benzene rings is 1. The second-order valence-electron chi connectivity index (χ2n) is 7.67. The van der Waals surface area contributed by atoms with E-state index < -0.39 is 15.3 Å². The van der Waals surface area contributed by atoms with Gasteiger partial charge in [0.25, 0.3) is 0 Å². The van der Waals surface area contributed by atoms with Gasteiger partial charge < -0.3 is 5.32 Å². The van der Waals surface area contributed by atoms with Gasteiger partial charge in [-0.1, -0.05) is 37.0 Å². The molecular weight excluding hydrogens is 376 g/mol. The lowest BCUT2D eigenvalue weighted by Crippen LogP contribution is -2.54. The van der Waals surface area contributed by atoms with E-state index >= 15 is 0 Å². The summed E-state index contributed by atoms with van der Waals surface area (Å²) in [5.41, 5.74) is 7.08. The van der Waals surface area contributed by atoms with Crippen LogP contribution >= 0.6 is 0 Å². The van der Waals surface area contributed by atoms with Crippen LogP contribution in [0.25, 0.3) is 0 Å². The minimum Gasteiger partial charge on any atom is -0.344 e. The molecule has 3 N–H and O–H groups in total. The van der Waals surface area contributed by atoms with Crippen molar-refractivity contribution in [2.45, 2.75) is 31.1 Å². The van der Waals surface area contributed by atoms with Crippen LogP contribution in [0.2, 0.25) is 0 Å². The van der Waals surface area contributed by atoms with Crippen molar-refractivity contribution < 1.29 is 13.2 Å².